The van der Waals surface area contributed by atoms with Gasteiger partial charge in [-0.05, 0) is 82.8 Å². The Balaban J connectivity index is 1.32. The van der Waals surface area contributed by atoms with Crippen LogP contribution in [0.3, 0.4) is 0 Å². The molecule has 7 heteroatoms. The second-order valence-electron chi connectivity index (χ2n) is 11.6. The Morgan fingerprint density at radius 1 is 1.12 bits per heavy atom. The average Bonchev–Trinajstić information content (AvgIpc) is 2.81. The lowest BCUT2D eigenvalue weighted by Gasteiger charge is -2.57. The Morgan fingerprint density at radius 2 is 1.74 bits per heavy atom. The van der Waals surface area contributed by atoms with E-state index in [-0.39, 0.29) is 6.04 Å². The summed E-state index contributed by atoms with van der Waals surface area (Å²) in [6.45, 7) is 10.1. The van der Waals surface area contributed by atoms with Crippen LogP contribution < -0.4 is 10.2 Å². The van der Waals surface area contributed by atoms with Gasteiger partial charge in [0.1, 0.15) is 5.84 Å². The monoisotopic (exact) mass is 463 g/mol. The number of rotatable bonds is 5. The summed E-state index contributed by atoms with van der Waals surface area (Å²) < 4.78 is 0. The molecule has 2 atom stereocenters. The van der Waals surface area contributed by atoms with Crippen molar-refractivity contribution in [1.29, 1.82) is 5.26 Å². The highest BCUT2D eigenvalue weighted by molar-refractivity contribution is 5.92. The molecule has 4 aliphatic carbocycles. The molecule has 4 bridgehead atoms. The van der Waals surface area contributed by atoms with Crippen molar-refractivity contribution in [2.75, 3.05) is 31.1 Å². The van der Waals surface area contributed by atoms with E-state index in [0.717, 1.165) is 64.1 Å². The largest absolute Gasteiger partial charge is 0.481 e. The number of benzene rings is 1. The Hall–Kier alpha value is -2.59. The Morgan fingerprint density at radius 3 is 2.29 bits per heavy atom. The molecule has 5 fully saturated rings. The molecular weight excluding hydrogens is 426 g/mol. The van der Waals surface area contributed by atoms with Gasteiger partial charge < -0.3 is 10.0 Å². The fourth-order valence-electron chi connectivity index (χ4n) is 7.44. The van der Waals surface area contributed by atoms with Gasteiger partial charge in [0, 0.05) is 31.9 Å². The molecule has 0 aromatic heterocycles. The third kappa shape index (κ3) is 3.96. The molecule has 1 heterocycles. The van der Waals surface area contributed by atoms with Gasteiger partial charge in [0.2, 0.25) is 0 Å². The molecule has 5 aliphatic rings. The summed E-state index contributed by atoms with van der Waals surface area (Å²) >= 11 is 0. The number of anilines is 1. The summed E-state index contributed by atoms with van der Waals surface area (Å²) in [5, 5.41) is 22.5. The number of nitrogens with zero attached hydrogens (tertiary/aromatic N) is 4. The van der Waals surface area contributed by atoms with Gasteiger partial charge in [0.15, 0.2) is 6.19 Å². The second kappa shape index (κ2) is 8.57. The number of hydrogen-bond acceptors (Lipinski definition) is 5. The van der Waals surface area contributed by atoms with Crippen molar-refractivity contribution in [3.63, 3.8) is 0 Å². The van der Waals surface area contributed by atoms with Crippen LogP contribution in [0.4, 0.5) is 5.69 Å². The summed E-state index contributed by atoms with van der Waals surface area (Å²) in [5.41, 5.74) is 1.60. The number of aryl methyl sites for hydroxylation is 1. The lowest BCUT2D eigenvalue weighted by atomic mass is 9.48. The number of aliphatic imine (C=N–C) groups is 1. The number of piperazine rings is 1. The molecule has 4 saturated carbocycles. The molecule has 1 aromatic carbocycles. The molecule has 2 N–H and O–H groups in total. The second-order valence-corrected chi connectivity index (χ2v) is 11.6. The van der Waals surface area contributed by atoms with Gasteiger partial charge in [0.25, 0.3) is 0 Å². The van der Waals surface area contributed by atoms with Gasteiger partial charge >= 0.3 is 5.97 Å². The zero-order valence-electron chi connectivity index (χ0n) is 20.6. The Kier molecular flexibility index (Phi) is 5.84. The van der Waals surface area contributed by atoms with Crippen molar-refractivity contribution in [3.8, 4) is 6.19 Å². The molecule has 34 heavy (non-hydrogen) atoms. The van der Waals surface area contributed by atoms with Crippen molar-refractivity contribution >= 4 is 17.5 Å². The van der Waals surface area contributed by atoms with Gasteiger partial charge in [-0.15, -0.1) is 0 Å². The minimum absolute atomic E-state index is 0.119. The van der Waals surface area contributed by atoms with Crippen LogP contribution in [0.15, 0.2) is 29.3 Å². The average molecular weight is 464 g/mol. The zero-order valence-corrected chi connectivity index (χ0v) is 20.6. The minimum Gasteiger partial charge on any atom is -0.481 e. The number of nitriles is 1. The molecule has 0 radical (unpaired) electrons. The number of carbonyl (C=O) groups is 1. The normalized spacial score (nSPS) is 33.6. The lowest BCUT2D eigenvalue weighted by Crippen LogP contribution is -2.61. The van der Waals surface area contributed by atoms with E-state index < -0.39 is 16.9 Å². The summed E-state index contributed by atoms with van der Waals surface area (Å²) in [7, 11) is 0. The van der Waals surface area contributed by atoms with E-state index >= 15 is 0 Å². The summed E-state index contributed by atoms with van der Waals surface area (Å²) in [4.78, 5) is 22.2. The van der Waals surface area contributed by atoms with E-state index in [4.69, 9.17) is 4.99 Å². The van der Waals surface area contributed by atoms with Crippen LogP contribution in [0.1, 0.15) is 51.5 Å². The van der Waals surface area contributed by atoms with E-state index in [1.54, 1.807) is 0 Å². The summed E-state index contributed by atoms with van der Waals surface area (Å²) in [5.74, 6) is 1.27. The minimum atomic E-state index is -0.614. The first-order chi connectivity index (χ1) is 16.2. The predicted octanol–water partition coefficient (Wildman–Crippen LogP) is 3.64. The first-order valence-corrected chi connectivity index (χ1v) is 12.8. The first kappa shape index (κ1) is 23.2. The highest BCUT2D eigenvalue weighted by atomic mass is 16.4. The van der Waals surface area contributed by atoms with Crippen molar-refractivity contribution in [2.45, 2.75) is 64.5 Å². The van der Waals surface area contributed by atoms with Crippen molar-refractivity contribution in [1.82, 2.24) is 10.2 Å². The maximum absolute atomic E-state index is 12.1. The van der Waals surface area contributed by atoms with E-state index in [2.05, 4.69) is 66.3 Å². The number of carboxylic acid groups (broad SMARTS) is 1. The molecule has 1 saturated heterocycles. The van der Waals surface area contributed by atoms with E-state index in [1.165, 1.54) is 11.3 Å². The molecule has 2 unspecified atom stereocenters. The van der Waals surface area contributed by atoms with Gasteiger partial charge in [-0.2, -0.15) is 5.26 Å². The van der Waals surface area contributed by atoms with Crippen LogP contribution >= 0.6 is 0 Å². The summed E-state index contributed by atoms with van der Waals surface area (Å²) in [6, 6.07) is 8.82. The molecule has 1 aliphatic heterocycles. The Labute approximate surface area is 202 Å². The Bertz CT molecular complexity index is 987. The quantitative estimate of drug-likeness (QED) is 0.300. The van der Waals surface area contributed by atoms with Crippen LogP contribution in [0.25, 0.3) is 0 Å². The SMILES string of the molecule is Cc1ccc(N2CCN(C(C)(C)C(=NC3C4CC5CC3CC(C(=O)O)(C5)C4)NC#N)CC2)cc1. The van der Waals surface area contributed by atoms with Crippen LogP contribution in [0.2, 0.25) is 0 Å². The third-order valence-electron chi connectivity index (χ3n) is 9.18. The number of carboxylic acids is 1. The van der Waals surface area contributed by atoms with Gasteiger partial charge in [-0.25, -0.2) is 0 Å². The smallest absolute Gasteiger partial charge is 0.309 e. The number of hydrogen-bond donors (Lipinski definition) is 2. The van der Waals surface area contributed by atoms with E-state index in [0.29, 0.717) is 17.8 Å². The van der Waals surface area contributed by atoms with Gasteiger partial charge in [0.05, 0.1) is 17.0 Å². The lowest BCUT2D eigenvalue weighted by molar-refractivity contribution is -0.166. The van der Waals surface area contributed by atoms with E-state index in [9.17, 15) is 15.2 Å². The maximum atomic E-state index is 12.1. The van der Waals surface area contributed by atoms with Crippen LogP contribution in [0.5, 0.6) is 0 Å². The maximum Gasteiger partial charge on any atom is 0.309 e. The highest BCUT2D eigenvalue weighted by Crippen LogP contribution is 2.61. The predicted molar refractivity (Wildman–Crippen MR) is 133 cm³/mol. The van der Waals surface area contributed by atoms with Crippen molar-refractivity contribution in [3.05, 3.63) is 29.8 Å². The molecule has 7 nitrogen and oxygen atoms in total. The first-order valence-electron chi connectivity index (χ1n) is 12.8. The topological polar surface area (TPSA) is 92.0 Å². The van der Waals surface area contributed by atoms with Crippen molar-refractivity contribution < 1.29 is 9.90 Å². The van der Waals surface area contributed by atoms with Gasteiger partial charge in [-0.3, -0.25) is 20.0 Å². The molecule has 0 spiro atoms. The van der Waals surface area contributed by atoms with Crippen LogP contribution in [-0.2, 0) is 4.79 Å². The fraction of sp³-hybridized carbons (Fsp3) is 0.667. The van der Waals surface area contributed by atoms with Crippen molar-refractivity contribution in [2.24, 2.45) is 28.2 Å². The molecule has 6 rings (SSSR count). The highest BCUT2D eigenvalue weighted by Gasteiger charge is 2.59. The fourth-order valence-corrected chi connectivity index (χ4v) is 7.44. The molecular formula is C27H37N5O2. The van der Waals surface area contributed by atoms with E-state index in [1.807, 2.05) is 0 Å². The standard InChI is InChI=1S/C27H37N5O2/c1-18-4-6-22(7-5-18)31-8-10-32(11-9-31)26(2,3)24(29-17-28)30-23-20-12-19-13-21(23)16-27(14-19,15-20)25(33)34/h4-7,19-21,23H,8-16H2,1-3H3,(H,29,30)(H,33,34). The number of nitrogens with one attached hydrogen (secondary N) is 1. The number of amidine groups is 1. The molecule has 0 amide bonds. The van der Waals surface area contributed by atoms with Crippen LogP contribution in [-0.4, -0.2) is 59.6 Å². The van der Waals surface area contributed by atoms with Crippen LogP contribution in [0, 0.1) is 41.5 Å². The zero-order chi connectivity index (χ0) is 24.1. The number of aliphatic carboxylic acids is 1. The molecule has 1 aromatic rings. The third-order valence-corrected chi connectivity index (χ3v) is 9.18. The van der Waals surface area contributed by atoms with Gasteiger partial charge in [-0.1, -0.05) is 17.7 Å². The summed E-state index contributed by atoms with van der Waals surface area (Å²) in [6.07, 6.45) is 6.61. The molecule has 182 valence electrons.